The number of rotatable bonds is 16. The number of carbonyl (C=O) groups is 1. The van der Waals surface area contributed by atoms with Gasteiger partial charge in [-0.3, -0.25) is 4.79 Å². The number of fused-ring (bicyclic) bond motifs is 1. The zero-order valence-corrected chi connectivity index (χ0v) is 19.3. The van der Waals surface area contributed by atoms with E-state index >= 15 is 0 Å². The molecule has 0 aliphatic rings. The SMILES string of the molecule is CCCCCCCCCCOC(=O)C(CCCCCC)c1cccc2ccccc12. The van der Waals surface area contributed by atoms with Gasteiger partial charge in [0.25, 0.3) is 0 Å². The van der Waals surface area contributed by atoms with Gasteiger partial charge in [-0.25, -0.2) is 0 Å². The van der Waals surface area contributed by atoms with Gasteiger partial charge in [-0.05, 0) is 29.2 Å². The maximum atomic E-state index is 13.0. The second-order valence-electron chi connectivity index (χ2n) is 8.61. The van der Waals surface area contributed by atoms with E-state index in [0.29, 0.717) is 6.61 Å². The molecule has 2 aromatic rings. The molecule has 166 valence electrons. The maximum Gasteiger partial charge on any atom is 0.313 e. The van der Waals surface area contributed by atoms with Crippen molar-refractivity contribution >= 4 is 16.7 Å². The highest BCUT2D eigenvalue weighted by Crippen LogP contribution is 2.31. The summed E-state index contributed by atoms with van der Waals surface area (Å²) in [5.74, 6) is -0.187. The predicted octanol–water partition coefficient (Wildman–Crippen LogP) is 8.58. The molecule has 2 rings (SSSR count). The fraction of sp³-hybridized carbons (Fsp3) is 0.607. The summed E-state index contributed by atoms with van der Waals surface area (Å²) in [6, 6.07) is 14.7. The summed E-state index contributed by atoms with van der Waals surface area (Å²) >= 11 is 0. The Labute approximate surface area is 184 Å². The lowest BCUT2D eigenvalue weighted by atomic mass is 9.89. The normalized spacial score (nSPS) is 12.2. The minimum atomic E-state index is -0.151. The lowest BCUT2D eigenvalue weighted by molar-refractivity contribution is -0.145. The molecule has 1 unspecified atom stereocenters. The summed E-state index contributed by atoms with van der Waals surface area (Å²) in [6.07, 6.45) is 15.6. The van der Waals surface area contributed by atoms with E-state index in [1.54, 1.807) is 0 Å². The van der Waals surface area contributed by atoms with Crippen molar-refractivity contribution in [1.29, 1.82) is 0 Å². The molecule has 0 saturated carbocycles. The van der Waals surface area contributed by atoms with Crippen molar-refractivity contribution in [2.45, 2.75) is 103 Å². The van der Waals surface area contributed by atoms with E-state index < -0.39 is 0 Å². The van der Waals surface area contributed by atoms with Gasteiger partial charge in [-0.15, -0.1) is 0 Å². The van der Waals surface area contributed by atoms with Crippen molar-refractivity contribution < 1.29 is 9.53 Å². The number of hydrogen-bond donors (Lipinski definition) is 0. The molecule has 0 radical (unpaired) electrons. The van der Waals surface area contributed by atoms with E-state index in [2.05, 4.69) is 56.3 Å². The summed E-state index contributed by atoms with van der Waals surface area (Å²) in [5.41, 5.74) is 1.13. The molecule has 0 bridgehead atoms. The van der Waals surface area contributed by atoms with Crippen LogP contribution in [0.4, 0.5) is 0 Å². The molecular weight excluding hydrogens is 368 g/mol. The Bertz CT molecular complexity index is 716. The van der Waals surface area contributed by atoms with Gasteiger partial charge in [0.1, 0.15) is 0 Å². The maximum absolute atomic E-state index is 13.0. The smallest absolute Gasteiger partial charge is 0.313 e. The zero-order valence-electron chi connectivity index (χ0n) is 19.3. The quantitative estimate of drug-likeness (QED) is 0.204. The van der Waals surface area contributed by atoms with E-state index in [-0.39, 0.29) is 11.9 Å². The third kappa shape index (κ3) is 8.50. The predicted molar refractivity (Wildman–Crippen MR) is 129 cm³/mol. The Morgan fingerprint density at radius 2 is 1.33 bits per heavy atom. The second-order valence-corrected chi connectivity index (χ2v) is 8.61. The topological polar surface area (TPSA) is 26.3 Å². The molecule has 1 atom stereocenters. The van der Waals surface area contributed by atoms with Crippen molar-refractivity contribution in [3.05, 3.63) is 48.0 Å². The molecule has 2 heteroatoms. The highest BCUT2D eigenvalue weighted by molar-refractivity contribution is 5.91. The van der Waals surface area contributed by atoms with Crippen LogP contribution in [0.15, 0.2) is 42.5 Å². The number of hydrogen-bond acceptors (Lipinski definition) is 2. The molecule has 0 fully saturated rings. The molecule has 0 aliphatic heterocycles. The molecule has 0 aromatic heterocycles. The largest absolute Gasteiger partial charge is 0.465 e. The summed E-state index contributed by atoms with van der Waals surface area (Å²) < 4.78 is 5.77. The highest BCUT2D eigenvalue weighted by Gasteiger charge is 2.23. The number of carbonyl (C=O) groups excluding carboxylic acids is 1. The van der Waals surface area contributed by atoms with Crippen LogP contribution in [0, 0.1) is 0 Å². The van der Waals surface area contributed by atoms with Crippen molar-refractivity contribution in [2.24, 2.45) is 0 Å². The van der Waals surface area contributed by atoms with Crippen molar-refractivity contribution in [2.75, 3.05) is 6.61 Å². The number of unbranched alkanes of at least 4 members (excludes halogenated alkanes) is 10. The summed E-state index contributed by atoms with van der Waals surface area (Å²) in [6.45, 7) is 5.04. The number of esters is 1. The Hall–Kier alpha value is -1.83. The highest BCUT2D eigenvalue weighted by atomic mass is 16.5. The third-order valence-corrected chi connectivity index (χ3v) is 6.07. The Morgan fingerprint density at radius 3 is 2.07 bits per heavy atom. The van der Waals surface area contributed by atoms with Crippen LogP contribution < -0.4 is 0 Å². The van der Waals surface area contributed by atoms with E-state index in [0.717, 1.165) is 31.2 Å². The van der Waals surface area contributed by atoms with Crippen molar-refractivity contribution in [1.82, 2.24) is 0 Å². The van der Waals surface area contributed by atoms with Gasteiger partial charge in [-0.1, -0.05) is 127 Å². The first-order chi connectivity index (χ1) is 14.8. The van der Waals surface area contributed by atoms with Crippen LogP contribution in [0.2, 0.25) is 0 Å². The molecule has 2 aromatic carbocycles. The first-order valence-electron chi connectivity index (χ1n) is 12.4. The fourth-order valence-corrected chi connectivity index (χ4v) is 4.24. The minimum Gasteiger partial charge on any atom is -0.465 e. The van der Waals surface area contributed by atoms with Crippen LogP contribution in [0.5, 0.6) is 0 Å². The van der Waals surface area contributed by atoms with Crippen LogP contribution in [0.25, 0.3) is 10.8 Å². The summed E-state index contributed by atoms with van der Waals surface area (Å²) in [7, 11) is 0. The van der Waals surface area contributed by atoms with Crippen LogP contribution in [-0.2, 0) is 9.53 Å². The van der Waals surface area contributed by atoms with Crippen LogP contribution in [0.3, 0.4) is 0 Å². The van der Waals surface area contributed by atoms with Gasteiger partial charge in [0.05, 0.1) is 12.5 Å². The molecular formula is C28H42O2. The minimum absolute atomic E-state index is 0.0363. The van der Waals surface area contributed by atoms with Crippen LogP contribution in [0.1, 0.15) is 109 Å². The summed E-state index contributed by atoms with van der Waals surface area (Å²) in [4.78, 5) is 13.0. The lowest BCUT2D eigenvalue weighted by Crippen LogP contribution is -2.17. The molecule has 2 nitrogen and oxygen atoms in total. The average molecular weight is 411 g/mol. The molecule has 0 heterocycles. The average Bonchev–Trinajstić information content (AvgIpc) is 2.77. The summed E-state index contributed by atoms with van der Waals surface area (Å²) in [5, 5.41) is 2.38. The van der Waals surface area contributed by atoms with Gasteiger partial charge < -0.3 is 4.74 Å². The van der Waals surface area contributed by atoms with E-state index in [1.807, 2.05) is 0 Å². The Morgan fingerprint density at radius 1 is 0.733 bits per heavy atom. The first-order valence-corrected chi connectivity index (χ1v) is 12.4. The zero-order chi connectivity index (χ0) is 21.4. The van der Waals surface area contributed by atoms with Crippen molar-refractivity contribution in [3.8, 4) is 0 Å². The van der Waals surface area contributed by atoms with E-state index in [1.165, 1.54) is 68.6 Å². The van der Waals surface area contributed by atoms with Gasteiger partial charge in [0.15, 0.2) is 0 Å². The van der Waals surface area contributed by atoms with Gasteiger partial charge in [0.2, 0.25) is 0 Å². The first kappa shape index (κ1) is 24.4. The van der Waals surface area contributed by atoms with Gasteiger partial charge in [-0.2, -0.15) is 0 Å². The van der Waals surface area contributed by atoms with Gasteiger partial charge in [0, 0.05) is 0 Å². The number of ether oxygens (including phenoxy) is 1. The van der Waals surface area contributed by atoms with Crippen LogP contribution in [-0.4, -0.2) is 12.6 Å². The molecule has 0 aliphatic carbocycles. The number of benzene rings is 2. The monoisotopic (exact) mass is 410 g/mol. The van der Waals surface area contributed by atoms with E-state index in [9.17, 15) is 4.79 Å². The fourth-order valence-electron chi connectivity index (χ4n) is 4.24. The standard InChI is InChI=1S/C28H42O2/c1-3-5-7-9-10-11-12-16-23-30-28(29)27(21-13-8-6-4-2)26-22-17-19-24-18-14-15-20-25(24)26/h14-15,17-20,22,27H,3-13,16,21,23H2,1-2H3. The van der Waals surface area contributed by atoms with Crippen molar-refractivity contribution in [3.63, 3.8) is 0 Å². The molecule has 30 heavy (non-hydrogen) atoms. The molecule has 0 amide bonds. The molecule has 0 N–H and O–H groups in total. The molecule has 0 spiro atoms. The molecule has 0 saturated heterocycles. The lowest BCUT2D eigenvalue weighted by Gasteiger charge is -2.18. The van der Waals surface area contributed by atoms with Gasteiger partial charge >= 0.3 is 5.97 Å². The second kappa shape index (κ2) is 15.0. The Balaban J connectivity index is 1.88. The van der Waals surface area contributed by atoms with Crippen LogP contribution >= 0.6 is 0 Å². The third-order valence-electron chi connectivity index (χ3n) is 6.07. The Kier molecular flexibility index (Phi) is 12.3. The van der Waals surface area contributed by atoms with E-state index in [4.69, 9.17) is 4.74 Å².